The van der Waals surface area contributed by atoms with E-state index < -0.39 is 0 Å². The predicted molar refractivity (Wildman–Crippen MR) is 92.2 cm³/mol. The van der Waals surface area contributed by atoms with E-state index in [2.05, 4.69) is 22.4 Å². The lowest BCUT2D eigenvalue weighted by molar-refractivity contribution is 0.0954. The van der Waals surface area contributed by atoms with Crippen molar-refractivity contribution in [1.82, 2.24) is 10.3 Å². The number of nitrogens with zero attached hydrogens (tertiary/aromatic N) is 1. The molecule has 0 saturated heterocycles. The summed E-state index contributed by atoms with van der Waals surface area (Å²) < 4.78 is 0. The van der Waals surface area contributed by atoms with Crippen molar-refractivity contribution in [2.45, 2.75) is 6.42 Å². The summed E-state index contributed by atoms with van der Waals surface area (Å²) in [5, 5.41) is 2.94. The van der Waals surface area contributed by atoms with Crippen molar-refractivity contribution in [3.63, 3.8) is 0 Å². The number of aromatic nitrogens is 1. The molecule has 0 spiro atoms. The average Bonchev–Trinajstić information content (AvgIpc) is 2.63. The molecule has 0 atom stereocenters. The second kappa shape index (κ2) is 7.36. The summed E-state index contributed by atoms with van der Waals surface area (Å²) in [6, 6.07) is 21.7. The first-order valence-electron chi connectivity index (χ1n) is 7.65. The van der Waals surface area contributed by atoms with Gasteiger partial charge in [0.25, 0.3) is 5.91 Å². The molecule has 0 aliphatic rings. The summed E-state index contributed by atoms with van der Waals surface area (Å²) in [6.45, 7) is 0.602. The van der Waals surface area contributed by atoms with Gasteiger partial charge >= 0.3 is 0 Å². The van der Waals surface area contributed by atoms with Crippen LogP contribution in [0.1, 0.15) is 15.9 Å². The third-order valence-electron chi connectivity index (χ3n) is 3.68. The molecule has 3 aromatic rings. The molecular formula is C20H18N2O. The maximum atomic E-state index is 12.2. The van der Waals surface area contributed by atoms with E-state index in [1.807, 2.05) is 60.8 Å². The van der Waals surface area contributed by atoms with Crippen molar-refractivity contribution in [3.05, 3.63) is 90.3 Å². The highest BCUT2D eigenvalue weighted by Gasteiger charge is 2.05. The Balaban J connectivity index is 1.58. The van der Waals surface area contributed by atoms with Gasteiger partial charge in [0.1, 0.15) is 0 Å². The van der Waals surface area contributed by atoms with Crippen molar-refractivity contribution in [3.8, 4) is 11.1 Å². The lowest BCUT2D eigenvalue weighted by Gasteiger charge is -2.06. The number of benzene rings is 2. The van der Waals surface area contributed by atoms with Gasteiger partial charge in [0.05, 0.1) is 0 Å². The number of hydrogen-bond donors (Lipinski definition) is 1. The maximum absolute atomic E-state index is 12.2. The molecule has 0 bridgehead atoms. The minimum atomic E-state index is -0.0477. The topological polar surface area (TPSA) is 42.0 Å². The summed E-state index contributed by atoms with van der Waals surface area (Å²) in [5.41, 5.74) is 4.05. The second-order valence-corrected chi connectivity index (χ2v) is 5.31. The predicted octanol–water partition coefficient (Wildman–Crippen LogP) is 3.72. The highest BCUT2D eigenvalue weighted by Crippen LogP contribution is 2.19. The molecule has 114 valence electrons. The SMILES string of the molecule is O=C(NCCc1cccnc1)c1ccc(-c2ccccc2)cc1. The van der Waals surface area contributed by atoms with Gasteiger partial charge in [0.15, 0.2) is 0 Å². The van der Waals surface area contributed by atoms with E-state index in [4.69, 9.17) is 0 Å². The number of hydrogen-bond acceptors (Lipinski definition) is 2. The Hall–Kier alpha value is -2.94. The molecule has 0 aliphatic carbocycles. The Morgan fingerprint density at radius 1 is 0.870 bits per heavy atom. The molecule has 0 radical (unpaired) electrons. The summed E-state index contributed by atoms with van der Waals surface area (Å²) >= 11 is 0. The van der Waals surface area contributed by atoms with Gasteiger partial charge in [-0.15, -0.1) is 0 Å². The molecule has 1 amide bonds. The van der Waals surface area contributed by atoms with Crippen LogP contribution in [0.4, 0.5) is 0 Å². The molecular weight excluding hydrogens is 284 g/mol. The first-order chi connectivity index (χ1) is 11.3. The third kappa shape index (κ3) is 4.04. The number of carbonyl (C=O) groups excluding carboxylic acids is 1. The molecule has 0 saturated carbocycles. The molecule has 0 unspecified atom stereocenters. The number of rotatable bonds is 5. The van der Waals surface area contributed by atoms with E-state index in [0.717, 1.165) is 23.1 Å². The number of nitrogens with one attached hydrogen (secondary N) is 1. The highest BCUT2D eigenvalue weighted by molar-refractivity contribution is 5.94. The summed E-state index contributed by atoms with van der Waals surface area (Å²) in [5.74, 6) is -0.0477. The summed E-state index contributed by atoms with van der Waals surface area (Å²) in [6.07, 6.45) is 4.35. The van der Waals surface area contributed by atoms with E-state index in [1.165, 1.54) is 0 Å². The van der Waals surface area contributed by atoms with E-state index in [0.29, 0.717) is 12.1 Å². The Kier molecular flexibility index (Phi) is 4.79. The van der Waals surface area contributed by atoms with E-state index >= 15 is 0 Å². The molecule has 3 rings (SSSR count). The highest BCUT2D eigenvalue weighted by atomic mass is 16.1. The van der Waals surface area contributed by atoms with Gasteiger partial charge < -0.3 is 5.32 Å². The molecule has 3 heteroatoms. The van der Waals surface area contributed by atoms with E-state index in [9.17, 15) is 4.79 Å². The van der Waals surface area contributed by atoms with Gasteiger partial charge in [-0.2, -0.15) is 0 Å². The fourth-order valence-corrected chi connectivity index (χ4v) is 2.41. The maximum Gasteiger partial charge on any atom is 0.251 e. The van der Waals surface area contributed by atoms with Gasteiger partial charge in [-0.05, 0) is 41.3 Å². The van der Waals surface area contributed by atoms with Crippen LogP contribution in [0.3, 0.4) is 0 Å². The van der Waals surface area contributed by atoms with Crippen molar-refractivity contribution in [2.24, 2.45) is 0 Å². The van der Waals surface area contributed by atoms with Crippen LogP contribution in [-0.2, 0) is 6.42 Å². The fraction of sp³-hybridized carbons (Fsp3) is 0.100. The van der Waals surface area contributed by atoms with Crippen LogP contribution in [0.25, 0.3) is 11.1 Å². The zero-order valence-electron chi connectivity index (χ0n) is 12.8. The standard InChI is InChI=1S/C20H18N2O/c23-20(22-14-12-16-5-4-13-21-15-16)19-10-8-18(9-11-19)17-6-2-1-3-7-17/h1-11,13,15H,12,14H2,(H,22,23). The lowest BCUT2D eigenvalue weighted by atomic mass is 10.0. The average molecular weight is 302 g/mol. The number of pyridine rings is 1. The molecule has 3 nitrogen and oxygen atoms in total. The van der Waals surface area contributed by atoms with Crippen LogP contribution >= 0.6 is 0 Å². The lowest BCUT2D eigenvalue weighted by Crippen LogP contribution is -2.25. The molecule has 1 heterocycles. The molecule has 1 N–H and O–H groups in total. The second-order valence-electron chi connectivity index (χ2n) is 5.31. The fourth-order valence-electron chi connectivity index (χ4n) is 2.41. The molecule has 0 fully saturated rings. The number of carbonyl (C=O) groups is 1. The Bertz CT molecular complexity index is 753. The van der Waals surface area contributed by atoms with Gasteiger partial charge in [-0.3, -0.25) is 9.78 Å². The minimum absolute atomic E-state index is 0.0477. The minimum Gasteiger partial charge on any atom is -0.352 e. The van der Waals surface area contributed by atoms with Crippen LogP contribution in [0.5, 0.6) is 0 Å². The smallest absolute Gasteiger partial charge is 0.251 e. The summed E-state index contributed by atoms with van der Waals surface area (Å²) in [7, 11) is 0. The first-order valence-corrected chi connectivity index (χ1v) is 7.65. The molecule has 0 aliphatic heterocycles. The van der Waals surface area contributed by atoms with Gasteiger partial charge in [0.2, 0.25) is 0 Å². The van der Waals surface area contributed by atoms with Crippen molar-refractivity contribution in [1.29, 1.82) is 0 Å². The third-order valence-corrected chi connectivity index (χ3v) is 3.68. The Labute approximate surface area is 136 Å². The van der Waals surface area contributed by atoms with Crippen molar-refractivity contribution >= 4 is 5.91 Å². The molecule has 1 aromatic heterocycles. The van der Waals surface area contributed by atoms with Crippen molar-refractivity contribution in [2.75, 3.05) is 6.54 Å². The molecule has 23 heavy (non-hydrogen) atoms. The zero-order valence-corrected chi connectivity index (χ0v) is 12.8. The van der Waals surface area contributed by atoms with E-state index in [-0.39, 0.29) is 5.91 Å². The number of amides is 1. The van der Waals surface area contributed by atoms with Crippen LogP contribution in [0.2, 0.25) is 0 Å². The van der Waals surface area contributed by atoms with Gasteiger partial charge in [-0.25, -0.2) is 0 Å². The quantitative estimate of drug-likeness (QED) is 0.780. The first kappa shape index (κ1) is 15.0. The Morgan fingerprint density at radius 3 is 2.30 bits per heavy atom. The monoisotopic (exact) mass is 302 g/mol. The van der Waals surface area contributed by atoms with Crippen LogP contribution < -0.4 is 5.32 Å². The Morgan fingerprint density at radius 2 is 1.61 bits per heavy atom. The van der Waals surface area contributed by atoms with Crippen LogP contribution in [-0.4, -0.2) is 17.4 Å². The van der Waals surface area contributed by atoms with Crippen molar-refractivity contribution < 1.29 is 4.79 Å². The normalized spacial score (nSPS) is 10.3. The van der Waals surface area contributed by atoms with Gasteiger partial charge in [-0.1, -0.05) is 48.5 Å². The summed E-state index contributed by atoms with van der Waals surface area (Å²) in [4.78, 5) is 16.2. The zero-order chi connectivity index (χ0) is 15.9. The van der Waals surface area contributed by atoms with Gasteiger partial charge in [0, 0.05) is 24.5 Å². The molecule has 2 aromatic carbocycles. The van der Waals surface area contributed by atoms with Crippen LogP contribution in [0, 0.1) is 0 Å². The van der Waals surface area contributed by atoms with E-state index in [1.54, 1.807) is 6.20 Å². The largest absolute Gasteiger partial charge is 0.352 e. The van der Waals surface area contributed by atoms with Crippen LogP contribution in [0.15, 0.2) is 79.1 Å².